The number of aromatic nitrogens is 1. The Labute approximate surface area is 160 Å². The zero-order chi connectivity index (χ0) is 18.4. The molecule has 3 nitrogen and oxygen atoms in total. The molecule has 2 N–H and O–H groups in total. The number of thiophene rings is 1. The highest BCUT2D eigenvalue weighted by molar-refractivity contribution is 7.10. The Morgan fingerprint density at radius 3 is 2.35 bits per heavy atom. The minimum atomic E-state index is 0.0277. The molecular weight excluding hydrogens is 338 g/mol. The first-order valence-electron chi connectivity index (χ1n) is 9.50. The number of rotatable bonds is 4. The molecule has 0 radical (unpaired) electrons. The molecule has 1 fully saturated rings. The SMILES string of the molecule is CNC1(c2[nH]c3ccccc3c2C)CCC(c2cccs2)(N(C)C)CC1. The van der Waals surface area contributed by atoms with Crippen LogP contribution in [0.1, 0.15) is 41.8 Å². The first-order chi connectivity index (χ1) is 12.5. The van der Waals surface area contributed by atoms with E-state index in [1.807, 2.05) is 11.3 Å². The van der Waals surface area contributed by atoms with Crippen molar-refractivity contribution in [3.63, 3.8) is 0 Å². The van der Waals surface area contributed by atoms with Crippen molar-refractivity contribution in [1.29, 1.82) is 0 Å². The number of aryl methyl sites for hydroxylation is 1. The number of fused-ring (bicyclic) bond motifs is 1. The van der Waals surface area contributed by atoms with Crippen molar-refractivity contribution in [3.05, 3.63) is 57.9 Å². The van der Waals surface area contributed by atoms with Crippen LogP contribution in [-0.4, -0.2) is 31.0 Å². The van der Waals surface area contributed by atoms with Crippen molar-refractivity contribution in [3.8, 4) is 0 Å². The summed E-state index contributed by atoms with van der Waals surface area (Å²) in [5.74, 6) is 0. The first-order valence-corrected chi connectivity index (χ1v) is 10.4. The average Bonchev–Trinajstić information content (AvgIpc) is 3.31. The molecule has 26 heavy (non-hydrogen) atoms. The van der Waals surface area contributed by atoms with Crippen LogP contribution in [0.25, 0.3) is 10.9 Å². The lowest BCUT2D eigenvalue weighted by Gasteiger charge is -2.49. The predicted molar refractivity (Wildman–Crippen MR) is 112 cm³/mol. The summed E-state index contributed by atoms with van der Waals surface area (Å²) in [7, 11) is 6.60. The van der Waals surface area contributed by atoms with Gasteiger partial charge in [0.2, 0.25) is 0 Å². The fourth-order valence-corrected chi connectivity index (χ4v) is 6.00. The van der Waals surface area contributed by atoms with Crippen LogP contribution in [0.4, 0.5) is 0 Å². The summed E-state index contributed by atoms with van der Waals surface area (Å²) in [6, 6.07) is 13.2. The molecule has 3 aromatic rings. The molecule has 0 spiro atoms. The number of nitrogens with one attached hydrogen (secondary N) is 2. The van der Waals surface area contributed by atoms with Crippen molar-refractivity contribution in [2.45, 2.75) is 43.7 Å². The molecule has 0 unspecified atom stereocenters. The maximum atomic E-state index is 3.74. The third-order valence-electron chi connectivity index (χ3n) is 6.69. The highest BCUT2D eigenvalue weighted by atomic mass is 32.1. The lowest BCUT2D eigenvalue weighted by molar-refractivity contribution is 0.0575. The maximum absolute atomic E-state index is 3.74. The van der Waals surface area contributed by atoms with Crippen LogP contribution in [0, 0.1) is 6.92 Å². The lowest BCUT2D eigenvalue weighted by atomic mass is 9.69. The number of aromatic amines is 1. The molecule has 1 saturated carbocycles. The van der Waals surface area contributed by atoms with Gasteiger partial charge in [-0.2, -0.15) is 0 Å². The summed E-state index contributed by atoms with van der Waals surface area (Å²) < 4.78 is 0. The normalized spacial score (nSPS) is 26.7. The van der Waals surface area contributed by atoms with Crippen LogP contribution in [-0.2, 0) is 11.1 Å². The standard InChI is InChI=1S/C22H29N3S/c1-16-17-8-5-6-9-18(17)24-20(16)21(23-2)11-13-22(14-12-21,25(3)4)19-10-7-15-26-19/h5-10,15,23-24H,11-14H2,1-4H3. The smallest absolute Gasteiger partial charge is 0.0588 e. The van der Waals surface area contributed by atoms with Crippen molar-refractivity contribution < 1.29 is 0 Å². The van der Waals surface area contributed by atoms with E-state index in [1.54, 1.807) is 0 Å². The monoisotopic (exact) mass is 367 g/mol. The Bertz CT molecular complexity index is 883. The Balaban J connectivity index is 1.72. The van der Waals surface area contributed by atoms with E-state index in [-0.39, 0.29) is 11.1 Å². The summed E-state index contributed by atoms with van der Waals surface area (Å²) in [5.41, 5.74) is 4.20. The molecule has 0 saturated heterocycles. The molecule has 0 aliphatic heterocycles. The third-order valence-corrected chi connectivity index (χ3v) is 7.75. The zero-order valence-electron chi connectivity index (χ0n) is 16.2. The van der Waals surface area contributed by atoms with Crippen molar-refractivity contribution in [2.24, 2.45) is 0 Å². The molecule has 2 heterocycles. The molecular formula is C22H29N3S. The van der Waals surface area contributed by atoms with Crippen LogP contribution in [0.3, 0.4) is 0 Å². The van der Waals surface area contributed by atoms with E-state index < -0.39 is 0 Å². The molecule has 2 aromatic heterocycles. The van der Waals surface area contributed by atoms with Gasteiger partial charge in [-0.05, 0) is 76.8 Å². The van der Waals surface area contributed by atoms with E-state index in [2.05, 4.69) is 85.0 Å². The Morgan fingerprint density at radius 1 is 1.04 bits per heavy atom. The van der Waals surface area contributed by atoms with Gasteiger partial charge in [-0.3, -0.25) is 4.90 Å². The largest absolute Gasteiger partial charge is 0.357 e. The maximum Gasteiger partial charge on any atom is 0.0588 e. The Hall–Kier alpha value is -1.62. The highest BCUT2D eigenvalue weighted by Gasteiger charge is 2.46. The Kier molecular flexibility index (Phi) is 4.46. The van der Waals surface area contributed by atoms with Crippen LogP contribution in [0.5, 0.6) is 0 Å². The minimum absolute atomic E-state index is 0.0277. The van der Waals surface area contributed by atoms with Gasteiger partial charge < -0.3 is 10.3 Å². The predicted octanol–water partition coefficient (Wildman–Crippen LogP) is 4.98. The fourth-order valence-electron chi connectivity index (χ4n) is 4.93. The van der Waals surface area contributed by atoms with Gasteiger partial charge in [-0.1, -0.05) is 24.3 Å². The fraction of sp³-hybridized carbons (Fsp3) is 0.455. The quantitative estimate of drug-likeness (QED) is 0.681. The molecule has 1 aromatic carbocycles. The van der Waals surface area contributed by atoms with Crippen LogP contribution >= 0.6 is 11.3 Å². The van der Waals surface area contributed by atoms with Crippen LogP contribution in [0.2, 0.25) is 0 Å². The molecule has 4 heteroatoms. The van der Waals surface area contributed by atoms with Gasteiger partial charge in [0.1, 0.15) is 0 Å². The van der Waals surface area contributed by atoms with Crippen molar-refractivity contribution in [2.75, 3.05) is 21.1 Å². The number of para-hydroxylation sites is 1. The van der Waals surface area contributed by atoms with E-state index in [4.69, 9.17) is 0 Å². The Morgan fingerprint density at radius 2 is 1.77 bits per heavy atom. The van der Waals surface area contributed by atoms with Crippen LogP contribution in [0.15, 0.2) is 41.8 Å². The number of hydrogen-bond donors (Lipinski definition) is 2. The van der Waals surface area contributed by atoms with Crippen LogP contribution < -0.4 is 5.32 Å². The van der Waals surface area contributed by atoms with Gasteiger partial charge in [0.25, 0.3) is 0 Å². The average molecular weight is 368 g/mol. The topological polar surface area (TPSA) is 31.1 Å². The van der Waals surface area contributed by atoms with Gasteiger partial charge >= 0.3 is 0 Å². The molecule has 4 rings (SSSR count). The van der Waals surface area contributed by atoms with E-state index in [0.29, 0.717) is 0 Å². The number of hydrogen-bond acceptors (Lipinski definition) is 3. The number of benzene rings is 1. The van der Waals surface area contributed by atoms with Gasteiger partial charge in [0.15, 0.2) is 0 Å². The van der Waals surface area contributed by atoms with E-state index in [1.165, 1.54) is 27.0 Å². The van der Waals surface area contributed by atoms with E-state index in [0.717, 1.165) is 25.7 Å². The van der Waals surface area contributed by atoms with E-state index in [9.17, 15) is 0 Å². The molecule has 0 amide bonds. The summed E-state index contributed by atoms with van der Waals surface area (Å²) in [6.45, 7) is 2.26. The minimum Gasteiger partial charge on any atom is -0.357 e. The second-order valence-electron chi connectivity index (χ2n) is 7.91. The molecule has 0 bridgehead atoms. The van der Waals surface area contributed by atoms with Gasteiger partial charge in [-0.15, -0.1) is 11.3 Å². The van der Waals surface area contributed by atoms with E-state index >= 15 is 0 Å². The van der Waals surface area contributed by atoms with Gasteiger partial charge in [-0.25, -0.2) is 0 Å². The second-order valence-corrected chi connectivity index (χ2v) is 8.85. The summed E-state index contributed by atoms with van der Waals surface area (Å²) >= 11 is 1.90. The summed E-state index contributed by atoms with van der Waals surface area (Å²) in [4.78, 5) is 7.68. The van der Waals surface area contributed by atoms with Gasteiger partial charge in [0, 0.05) is 21.5 Å². The first kappa shape index (κ1) is 17.8. The third kappa shape index (κ3) is 2.55. The molecule has 138 valence electrons. The number of nitrogens with zero attached hydrogens (tertiary/aromatic N) is 1. The van der Waals surface area contributed by atoms with Crippen molar-refractivity contribution >= 4 is 22.2 Å². The summed E-state index contributed by atoms with van der Waals surface area (Å²) in [6.07, 6.45) is 4.59. The molecule has 0 atom stereocenters. The zero-order valence-corrected chi connectivity index (χ0v) is 17.0. The summed E-state index contributed by atoms with van der Waals surface area (Å²) in [5, 5.41) is 7.27. The van der Waals surface area contributed by atoms with Crippen molar-refractivity contribution in [1.82, 2.24) is 15.2 Å². The molecule has 1 aliphatic carbocycles. The van der Waals surface area contributed by atoms with Gasteiger partial charge in [0.05, 0.1) is 11.1 Å². The lowest BCUT2D eigenvalue weighted by Crippen LogP contribution is -2.52. The second kappa shape index (κ2) is 6.52. The molecule has 1 aliphatic rings. The number of H-pyrrole nitrogens is 1. The highest BCUT2D eigenvalue weighted by Crippen LogP contribution is 2.50.